The first-order valence-corrected chi connectivity index (χ1v) is 7.93. The molecular weight excluding hydrogens is 317 g/mol. The normalized spacial score (nSPS) is 12.3. The molecule has 0 spiro atoms. The first kappa shape index (κ1) is 17.7. The van der Waals surface area contributed by atoms with Crippen molar-refractivity contribution in [2.75, 3.05) is 7.05 Å². The van der Waals surface area contributed by atoms with E-state index in [9.17, 15) is 9.50 Å². The van der Waals surface area contributed by atoms with Crippen molar-refractivity contribution in [2.45, 2.75) is 32.9 Å². The second-order valence-corrected chi connectivity index (χ2v) is 5.79. The van der Waals surface area contributed by atoms with E-state index in [0.29, 0.717) is 30.0 Å². The Morgan fingerprint density at radius 3 is 2.65 bits per heavy atom. The first-order chi connectivity index (χ1) is 11.0. The van der Waals surface area contributed by atoms with Crippen LogP contribution in [0.1, 0.15) is 36.1 Å². The Hall–Kier alpha value is -1.62. The molecule has 2 rings (SSSR count). The Balaban J connectivity index is 2.42. The van der Waals surface area contributed by atoms with Crippen LogP contribution in [0, 0.1) is 12.7 Å². The third kappa shape index (κ3) is 4.02. The highest BCUT2D eigenvalue weighted by Crippen LogP contribution is 2.35. The van der Waals surface area contributed by atoms with Crippen LogP contribution in [0.15, 0.2) is 30.3 Å². The van der Waals surface area contributed by atoms with Crippen molar-refractivity contribution in [1.82, 2.24) is 5.32 Å². The van der Waals surface area contributed by atoms with Gasteiger partial charge in [0.2, 0.25) is 0 Å². The summed E-state index contributed by atoms with van der Waals surface area (Å²) in [6, 6.07) is 8.43. The molecule has 1 atom stereocenters. The number of benzene rings is 2. The Morgan fingerprint density at radius 2 is 2.00 bits per heavy atom. The Labute approximate surface area is 141 Å². The molecule has 2 aromatic carbocycles. The van der Waals surface area contributed by atoms with Gasteiger partial charge in [0, 0.05) is 17.7 Å². The van der Waals surface area contributed by atoms with E-state index in [-0.39, 0.29) is 10.8 Å². The first-order valence-electron chi connectivity index (χ1n) is 7.55. The lowest BCUT2D eigenvalue weighted by Crippen LogP contribution is -2.07. The van der Waals surface area contributed by atoms with Gasteiger partial charge in [-0.2, -0.15) is 0 Å². The fraction of sp³-hybridized carbons (Fsp3) is 0.333. The SMILES string of the molecule is CCC(O)c1ccc(CNC)c(Oc2ccc(F)c(C)c2Cl)c1. The average Bonchev–Trinajstić information content (AvgIpc) is 2.56. The molecule has 0 fully saturated rings. The molecule has 0 bridgehead atoms. The lowest BCUT2D eigenvalue weighted by atomic mass is 10.0. The average molecular weight is 338 g/mol. The Morgan fingerprint density at radius 1 is 1.26 bits per heavy atom. The van der Waals surface area contributed by atoms with Gasteiger partial charge in [0.25, 0.3) is 0 Å². The maximum Gasteiger partial charge on any atom is 0.146 e. The molecule has 2 N–H and O–H groups in total. The van der Waals surface area contributed by atoms with Gasteiger partial charge in [-0.1, -0.05) is 30.7 Å². The van der Waals surface area contributed by atoms with Gasteiger partial charge in [0.1, 0.15) is 17.3 Å². The van der Waals surface area contributed by atoms with Gasteiger partial charge in [-0.15, -0.1) is 0 Å². The van der Waals surface area contributed by atoms with Crippen LogP contribution in [-0.2, 0) is 6.54 Å². The van der Waals surface area contributed by atoms with Crippen molar-refractivity contribution in [2.24, 2.45) is 0 Å². The second-order valence-electron chi connectivity index (χ2n) is 5.41. The number of aliphatic hydroxyl groups is 1. The number of hydrogen-bond donors (Lipinski definition) is 2. The third-order valence-corrected chi connectivity index (χ3v) is 4.20. The molecule has 0 saturated heterocycles. The number of aliphatic hydroxyl groups excluding tert-OH is 1. The number of nitrogens with one attached hydrogen (secondary N) is 1. The predicted molar refractivity (Wildman–Crippen MR) is 90.7 cm³/mol. The molecule has 0 aliphatic heterocycles. The van der Waals surface area contributed by atoms with Crippen molar-refractivity contribution in [3.8, 4) is 11.5 Å². The van der Waals surface area contributed by atoms with Crippen molar-refractivity contribution in [3.63, 3.8) is 0 Å². The van der Waals surface area contributed by atoms with Gasteiger partial charge in [-0.25, -0.2) is 4.39 Å². The standard InChI is InChI=1S/C18H21ClFNO2/c1-4-15(22)12-5-6-13(10-21-3)17(9-12)23-16-8-7-14(20)11(2)18(16)19/h5-9,15,21-22H,4,10H2,1-3H3. The summed E-state index contributed by atoms with van der Waals surface area (Å²) < 4.78 is 19.4. The van der Waals surface area contributed by atoms with Crippen LogP contribution >= 0.6 is 11.6 Å². The molecule has 0 aliphatic carbocycles. The zero-order valence-corrected chi connectivity index (χ0v) is 14.2. The maximum atomic E-state index is 13.5. The molecule has 0 saturated carbocycles. The van der Waals surface area contributed by atoms with Crippen LogP contribution in [0.2, 0.25) is 5.02 Å². The highest BCUT2D eigenvalue weighted by molar-refractivity contribution is 6.32. The molecule has 0 amide bonds. The van der Waals surface area contributed by atoms with E-state index < -0.39 is 6.10 Å². The molecule has 0 aromatic heterocycles. The zero-order chi connectivity index (χ0) is 17.0. The van der Waals surface area contributed by atoms with Gasteiger partial charge in [0.15, 0.2) is 0 Å². The molecular formula is C18H21ClFNO2. The van der Waals surface area contributed by atoms with Crippen LogP contribution in [0.25, 0.3) is 0 Å². The van der Waals surface area contributed by atoms with Gasteiger partial charge in [0.05, 0.1) is 11.1 Å². The van der Waals surface area contributed by atoms with E-state index in [0.717, 1.165) is 11.1 Å². The van der Waals surface area contributed by atoms with E-state index in [1.165, 1.54) is 12.1 Å². The third-order valence-electron chi connectivity index (χ3n) is 3.73. The minimum Gasteiger partial charge on any atom is -0.455 e. The van der Waals surface area contributed by atoms with Gasteiger partial charge in [-0.3, -0.25) is 0 Å². The highest BCUT2D eigenvalue weighted by atomic mass is 35.5. The molecule has 3 nitrogen and oxygen atoms in total. The largest absolute Gasteiger partial charge is 0.455 e. The smallest absolute Gasteiger partial charge is 0.146 e. The molecule has 5 heteroatoms. The van der Waals surface area contributed by atoms with Crippen molar-refractivity contribution in [3.05, 3.63) is 57.9 Å². The van der Waals surface area contributed by atoms with Crippen molar-refractivity contribution >= 4 is 11.6 Å². The van der Waals surface area contributed by atoms with E-state index in [1.807, 2.05) is 26.1 Å². The minimum atomic E-state index is -0.550. The van der Waals surface area contributed by atoms with Gasteiger partial charge in [-0.05, 0) is 44.2 Å². The number of rotatable bonds is 6. The lowest BCUT2D eigenvalue weighted by Gasteiger charge is -2.16. The Kier molecular flexibility index (Phi) is 5.99. The van der Waals surface area contributed by atoms with Crippen molar-refractivity contribution in [1.29, 1.82) is 0 Å². The van der Waals surface area contributed by atoms with Crippen LogP contribution in [0.3, 0.4) is 0 Å². The number of halogens is 2. The second kappa shape index (κ2) is 7.77. The molecule has 124 valence electrons. The van der Waals surface area contributed by atoms with E-state index in [4.69, 9.17) is 16.3 Å². The zero-order valence-electron chi connectivity index (χ0n) is 13.5. The molecule has 0 radical (unpaired) electrons. The summed E-state index contributed by atoms with van der Waals surface area (Å²) in [6.07, 6.45) is 0.0627. The van der Waals surface area contributed by atoms with E-state index >= 15 is 0 Å². The van der Waals surface area contributed by atoms with Gasteiger partial charge >= 0.3 is 0 Å². The van der Waals surface area contributed by atoms with Crippen LogP contribution < -0.4 is 10.1 Å². The van der Waals surface area contributed by atoms with Crippen molar-refractivity contribution < 1.29 is 14.2 Å². The topological polar surface area (TPSA) is 41.5 Å². The summed E-state index contributed by atoms with van der Waals surface area (Å²) in [7, 11) is 1.84. The number of ether oxygens (including phenoxy) is 1. The van der Waals surface area contributed by atoms with Crippen LogP contribution in [0.4, 0.5) is 4.39 Å². The summed E-state index contributed by atoms with van der Waals surface area (Å²) in [4.78, 5) is 0. The van der Waals surface area contributed by atoms with E-state index in [2.05, 4.69) is 5.32 Å². The molecule has 0 heterocycles. The maximum absolute atomic E-state index is 13.5. The quantitative estimate of drug-likeness (QED) is 0.799. The lowest BCUT2D eigenvalue weighted by molar-refractivity contribution is 0.173. The molecule has 23 heavy (non-hydrogen) atoms. The van der Waals surface area contributed by atoms with E-state index in [1.54, 1.807) is 13.0 Å². The minimum absolute atomic E-state index is 0.252. The summed E-state index contributed by atoms with van der Waals surface area (Å²) in [6.45, 7) is 4.12. The number of hydrogen-bond acceptors (Lipinski definition) is 3. The summed E-state index contributed by atoms with van der Waals surface area (Å²) in [5.41, 5.74) is 2.05. The summed E-state index contributed by atoms with van der Waals surface area (Å²) >= 11 is 6.18. The van der Waals surface area contributed by atoms with Crippen LogP contribution in [-0.4, -0.2) is 12.2 Å². The Bertz CT molecular complexity index is 691. The molecule has 1 unspecified atom stereocenters. The fourth-order valence-corrected chi connectivity index (χ4v) is 2.47. The predicted octanol–water partition coefficient (Wildman–Crippen LogP) is 4.74. The molecule has 2 aromatic rings. The molecule has 0 aliphatic rings. The van der Waals surface area contributed by atoms with Gasteiger partial charge < -0.3 is 15.2 Å². The highest BCUT2D eigenvalue weighted by Gasteiger charge is 2.14. The monoisotopic (exact) mass is 337 g/mol. The fourth-order valence-electron chi connectivity index (χ4n) is 2.28. The van der Waals surface area contributed by atoms with Crippen LogP contribution in [0.5, 0.6) is 11.5 Å². The summed E-state index contributed by atoms with van der Waals surface area (Å²) in [5, 5.41) is 13.4. The summed E-state index contributed by atoms with van der Waals surface area (Å²) in [5.74, 6) is 0.622.